The predicted molar refractivity (Wildman–Crippen MR) is 78.1 cm³/mol. The SMILES string of the molecule is COC(=O)c1cccc(CS(=O)(=O)NCC(N)C(C)O)c1. The Labute approximate surface area is 124 Å². The Balaban J connectivity index is 2.73. The van der Waals surface area contributed by atoms with E-state index in [0.717, 1.165) is 0 Å². The number of rotatable bonds is 7. The van der Waals surface area contributed by atoms with E-state index < -0.39 is 28.1 Å². The first-order valence-electron chi connectivity index (χ1n) is 6.33. The molecule has 0 amide bonds. The minimum atomic E-state index is -3.61. The Morgan fingerprint density at radius 1 is 1.48 bits per heavy atom. The van der Waals surface area contributed by atoms with E-state index in [2.05, 4.69) is 9.46 Å². The molecule has 0 heterocycles. The highest BCUT2D eigenvalue weighted by atomic mass is 32.2. The number of sulfonamides is 1. The fourth-order valence-corrected chi connectivity index (χ4v) is 2.74. The molecule has 1 aromatic carbocycles. The summed E-state index contributed by atoms with van der Waals surface area (Å²) in [5.74, 6) is -0.817. The first-order chi connectivity index (χ1) is 9.75. The molecule has 0 aliphatic heterocycles. The molecule has 0 fully saturated rings. The number of benzene rings is 1. The molecule has 0 aliphatic carbocycles. The minimum absolute atomic E-state index is 0.0588. The van der Waals surface area contributed by atoms with Gasteiger partial charge in [-0.3, -0.25) is 0 Å². The summed E-state index contributed by atoms with van der Waals surface area (Å²) in [6.45, 7) is 1.43. The van der Waals surface area contributed by atoms with E-state index in [4.69, 9.17) is 5.73 Å². The summed E-state index contributed by atoms with van der Waals surface area (Å²) >= 11 is 0. The monoisotopic (exact) mass is 316 g/mol. The van der Waals surface area contributed by atoms with Crippen molar-refractivity contribution >= 4 is 16.0 Å². The van der Waals surface area contributed by atoms with Crippen LogP contribution in [0.25, 0.3) is 0 Å². The van der Waals surface area contributed by atoms with Gasteiger partial charge in [-0.2, -0.15) is 0 Å². The maximum Gasteiger partial charge on any atom is 0.337 e. The molecule has 2 unspecified atom stereocenters. The lowest BCUT2D eigenvalue weighted by Gasteiger charge is -2.15. The van der Waals surface area contributed by atoms with Crippen molar-refractivity contribution in [3.05, 3.63) is 35.4 Å². The number of hydrogen-bond acceptors (Lipinski definition) is 6. The zero-order valence-electron chi connectivity index (χ0n) is 11.9. The molecule has 118 valence electrons. The van der Waals surface area contributed by atoms with E-state index in [1.807, 2.05) is 0 Å². The number of ether oxygens (including phenoxy) is 1. The van der Waals surface area contributed by atoms with Gasteiger partial charge in [-0.25, -0.2) is 17.9 Å². The third kappa shape index (κ3) is 5.80. The molecule has 1 rings (SSSR count). The number of esters is 1. The van der Waals surface area contributed by atoms with Crippen LogP contribution in [0, 0.1) is 0 Å². The molecule has 0 aliphatic rings. The summed E-state index contributed by atoms with van der Waals surface area (Å²) in [4.78, 5) is 11.4. The molecule has 21 heavy (non-hydrogen) atoms. The first-order valence-corrected chi connectivity index (χ1v) is 7.98. The van der Waals surface area contributed by atoms with Crippen LogP contribution < -0.4 is 10.5 Å². The van der Waals surface area contributed by atoms with Crippen LogP contribution in [-0.4, -0.2) is 45.3 Å². The molecule has 0 saturated heterocycles. The van der Waals surface area contributed by atoms with Crippen LogP contribution in [0.1, 0.15) is 22.8 Å². The first kappa shape index (κ1) is 17.6. The van der Waals surface area contributed by atoms with Crippen LogP contribution in [-0.2, 0) is 20.5 Å². The van der Waals surface area contributed by atoms with Gasteiger partial charge in [-0.05, 0) is 24.6 Å². The fraction of sp³-hybridized carbons (Fsp3) is 0.462. The normalized spacial score (nSPS) is 14.5. The molecule has 1 aromatic rings. The minimum Gasteiger partial charge on any atom is -0.465 e. The molecule has 8 heteroatoms. The number of nitrogens with one attached hydrogen (secondary N) is 1. The van der Waals surface area contributed by atoms with Crippen molar-refractivity contribution in [2.24, 2.45) is 5.73 Å². The van der Waals surface area contributed by atoms with Crippen molar-refractivity contribution in [3.8, 4) is 0 Å². The lowest BCUT2D eigenvalue weighted by molar-refractivity contribution is 0.0600. The number of carbonyl (C=O) groups is 1. The van der Waals surface area contributed by atoms with Gasteiger partial charge in [-0.15, -0.1) is 0 Å². The highest BCUT2D eigenvalue weighted by Gasteiger charge is 2.16. The maximum atomic E-state index is 11.9. The van der Waals surface area contributed by atoms with Gasteiger partial charge in [0.2, 0.25) is 10.0 Å². The maximum absolute atomic E-state index is 11.9. The van der Waals surface area contributed by atoms with Crippen LogP contribution in [0.15, 0.2) is 24.3 Å². The van der Waals surface area contributed by atoms with Gasteiger partial charge in [0.1, 0.15) is 0 Å². The van der Waals surface area contributed by atoms with Gasteiger partial charge in [-0.1, -0.05) is 12.1 Å². The smallest absolute Gasteiger partial charge is 0.337 e. The average molecular weight is 316 g/mol. The van der Waals surface area contributed by atoms with Crippen molar-refractivity contribution < 1.29 is 23.1 Å². The molecule has 0 spiro atoms. The second-order valence-electron chi connectivity index (χ2n) is 4.70. The summed E-state index contributed by atoms with van der Waals surface area (Å²) < 4.78 is 30.7. The highest BCUT2D eigenvalue weighted by molar-refractivity contribution is 7.88. The largest absolute Gasteiger partial charge is 0.465 e. The quantitative estimate of drug-likeness (QED) is 0.589. The molecule has 4 N–H and O–H groups in total. The lowest BCUT2D eigenvalue weighted by atomic mass is 10.1. The number of carbonyl (C=O) groups excluding carboxylic acids is 1. The van der Waals surface area contributed by atoms with Crippen LogP contribution in [0.3, 0.4) is 0 Å². The fourth-order valence-electron chi connectivity index (χ4n) is 1.57. The van der Waals surface area contributed by atoms with Gasteiger partial charge in [0.25, 0.3) is 0 Å². The van der Waals surface area contributed by atoms with Crippen LogP contribution in [0.2, 0.25) is 0 Å². The predicted octanol–water partition coefficient (Wildman–Crippen LogP) is -0.399. The van der Waals surface area contributed by atoms with E-state index in [9.17, 15) is 18.3 Å². The third-order valence-electron chi connectivity index (χ3n) is 2.86. The number of nitrogens with two attached hydrogens (primary N) is 1. The standard InChI is InChI=1S/C13H20N2O5S/c1-9(16)12(14)7-15-21(18,19)8-10-4-3-5-11(6-10)13(17)20-2/h3-6,9,12,15-16H,7-8,14H2,1-2H3. The summed E-state index contributed by atoms with van der Waals surface area (Å²) in [6.07, 6.45) is -0.810. The van der Waals surface area contributed by atoms with E-state index in [-0.39, 0.29) is 17.9 Å². The average Bonchev–Trinajstić information content (AvgIpc) is 2.43. The van der Waals surface area contributed by atoms with E-state index in [1.165, 1.54) is 20.1 Å². The summed E-state index contributed by atoms with van der Waals surface area (Å²) in [5.41, 5.74) is 6.30. The van der Waals surface area contributed by atoms with Crippen molar-refractivity contribution in [2.45, 2.75) is 24.8 Å². The lowest BCUT2D eigenvalue weighted by Crippen LogP contribution is -2.43. The van der Waals surface area contributed by atoms with Gasteiger partial charge in [0.15, 0.2) is 0 Å². The number of aliphatic hydroxyl groups is 1. The molecule has 2 atom stereocenters. The highest BCUT2D eigenvalue weighted by Crippen LogP contribution is 2.09. The Bertz CT molecular complexity index is 586. The summed E-state index contributed by atoms with van der Waals surface area (Å²) in [6, 6.07) is 5.50. The third-order valence-corrected chi connectivity index (χ3v) is 4.18. The Kier molecular flexibility index (Phi) is 6.28. The van der Waals surface area contributed by atoms with E-state index in [1.54, 1.807) is 18.2 Å². The van der Waals surface area contributed by atoms with E-state index >= 15 is 0 Å². The Morgan fingerprint density at radius 3 is 2.71 bits per heavy atom. The Morgan fingerprint density at radius 2 is 2.14 bits per heavy atom. The van der Waals surface area contributed by atoms with Gasteiger partial charge in [0, 0.05) is 12.6 Å². The van der Waals surface area contributed by atoms with Gasteiger partial charge >= 0.3 is 5.97 Å². The zero-order chi connectivity index (χ0) is 16.0. The molecular formula is C13H20N2O5S. The second kappa shape index (κ2) is 7.51. The number of aliphatic hydroxyl groups excluding tert-OH is 1. The van der Waals surface area contributed by atoms with Crippen LogP contribution in [0.4, 0.5) is 0 Å². The van der Waals surface area contributed by atoms with Crippen molar-refractivity contribution in [2.75, 3.05) is 13.7 Å². The van der Waals surface area contributed by atoms with E-state index in [0.29, 0.717) is 5.56 Å². The van der Waals surface area contributed by atoms with Crippen molar-refractivity contribution in [1.29, 1.82) is 0 Å². The number of methoxy groups -OCH3 is 1. The van der Waals surface area contributed by atoms with Crippen molar-refractivity contribution in [3.63, 3.8) is 0 Å². The molecule has 7 nitrogen and oxygen atoms in total. The van der Waals surface area contributed by atoms with Gasteiger partial charge < -0.3 is 15.6 Å². The zero-order valence-corrected chi connectivity index (χ0v) is 12.8. The summed E-state index contributed by atoms with van der Waals surface area (Å²) in [7, 11) is -2.35. The Hall–Kier alpha value is -1.48. The topological polar surface area (TPSA) is 119 Å². The molecular weight excluding hydrogens is 296 g/mol. The molecule has 0 saturated carbocycles. The van der Waals surface area contributed by atoms with Crippen LogP contribution in [0.5, 0.6) is 0 Å². The van der Waals surface area contributed by atoms with Crippen LogP contribution >= 0.6 is 0 Å². The molecule has 0 aromatic heterocycles. The number of hydrogen-bond donors (Lipinski definition) is 3. The molecule has 0 radical (unpaired) electrons. The summed E-state index contributed by atoms with van der Waals surface area (Å²) in [5, 5.41) is 9.22. The second-order valence-corrected chi connectivity index (χ2v) is 6.51. The van der Waals surface area contributed by atoms with Crippen molar-refractivity contribution in [1.82, 2.24) is 4.72 Å². The molecule has 0 bridgehead atoms. The van der Waals surface area contributed by atoms with Gasteiger partial charge in [0.05, 0.1) is 24.5 Å².